The average Bonchev–Trinajstić information content (AvgIpc) is 1.77. The molecule has 1 aromatic carbocycles. The van der Waals surface area contributed by atoms with Crippen molar-refractivity contribution in [1.29, 1.82) is 0 Å². The Kier molecular flexibility index (Phi) is 1.96. The van der Waals surface area contributed by atoms with Crippen molar-refractivity contribution in [2.24, 2.45) is 0 Å². The Bertz CT molecular complexity index is 160. The molecule has 0 fully saturated rings. The summed E-state index contributed by atoms with van der Waals surface area (Å²) in [5.41, 5.74) is 1.39. The van der Waals surface area contributed by atoms with Crippen LogP contribution in [0.15, 0.2) is 24.3 Å². The molecule has 40 valence electrons. The number of rotatable bonds is 0. The van der Waals surface area contributed by atoms with Crippen molar-refractivity contribution in [2.75, 3.05) is 0 Å². The Balaban J connectivity index is 3.13. The summed E-state index contributed by atoms with van der Waals surface area (Å²) in [6.45, 7) is 2.13. The Labute approximate surface area is 63.4 Å². The molecule has 0 saturated carbocycles. The van der Waals surface area contributed by atoms with Gasteiger partial charge in [0.15, 0.2) is 0 Å². The topological polar surface area (TPSA) is 0 Å². The van der Waals surface area contributed by atoms with Crippen LogP contribution in [0.3, 0.4) is 0 Å². The third kappa shape index (κ3) is 1.26. The summed E-state index contributed by atoms with van der Waals surface area (Å²) in [4.78, 5) is 0. The summed E-state index contributed by atoms with van der Waals surface area (Å²) in [6.07, 6.45) is 0. The predicted molar refractivity (Wildman–Crippen MR) is 36.6 cm³/mol. The Morgan fingerprint density at radius 2 is 1.88 bits per heavy atom. The molecule has 1 aromatic rings. The van der Waals surface area contributed by atoms with Gasteiger partial charge in [-0.1, -0.05) is 0 Å². The van der Waals surface area contributed by atoms with Gasteiger partial charge in [-0.2, -0.15) is 0 Å². The summed E-state index contributed by atoms with van der Waals surface area (Å²) < 4.78 is 1.42. The minimum atomic E-state index is 1.39. The van der Waals surface area contributed by atoms with Gasteiger partial charge in [0.1, 0.15) is 0 Å². The molecule has 0 saturated heterocycles. The van der Waals surface area contributed by atoms with Gasteiger partial charge in [-0.3, -0.25) is 0 Å². The van der Waals surface area contributed by atoms with Crippen LogP contribution < -0.4 is 3.51 Å². The van der Waals surface area contributed by atoms with Crippen LogP contribution in [0.25, 0.3) is 0 Å². The zero-order chi connectivity index (χ0) is 5.98. The maximum atomic E-state index is 2.14. The van der Waals surface area contributed by atoms with Gasteiger partial charge < -0.3 is 0 Å². The van der Waals surface area contributed by atoms with Gasteiger partial charge in [-0.15, -0.1) is 0 Å². The molecule has 0 aliphatic heterocycles. The van der Waals surface area contributed by atoms with E-state index in [1.165, 1.54) is 9.07 Å². The molecule has 1 heteroatoms. The SMILES string of the molecule is Cc1cccc[c]1[Sb]. The normalized spacial score (nSPS) is 9.25. The molecule has 0 unspecified atom stereocenters. The molecule has 0 amide bonds. The van der Waals surface area contributed by atoms with Gasteiger partial charge in [-0.25, -0.2) is 0 Å². The molecule has 0 bridgehead atoms. The molecular weight excluding hydrogens is 206 g/mol. The fraction of sp³-hybridized carbons (Fsp3) is 0.143. The molecule has 2 radical (unpaired) electrons. The second-order valence-corrected chi connectivity index (χ2v) is 3.16. The Hall–Kier alpha value is 0.0382. The molecular formula is C7H7Sb. The van der Waals surface area contributed by atoms with Crippen molar-refractivity contribution >= 4 is 26.5 Å². The van der Waals surface area contributed by atoms with Gasteiger partial charge in [0.05, 0.1) is 0 Å². The predicted octanol–water partition coefficient (Wildman–Crippen LogP) is 0.789. The van der Waals surface area contributed by atoms with E-state index >= 15 is 0 Å². The van der Waals surface area contributed by atoms with Crippen LogP contribution in [-0.4, -0.2) is 23.0 Å². The molecule has 0 heterocycles. The van der Waals surface area contributed by atoms with E-state index in [4.69, 9.17) is 0 Å². The monoisotopic (exact) mass is 212 g/mol. The Morgan fingerprint density at radius 1 is 1.25 bits per heavy atom. The summed E-state index contributed by atoms with van der Waals surface area (Å²) in [5, 5.41) is 0. The minimum absolute atomic E-state index is 1.39. The van der Waals surface area contributed by atoms with Crippen molar-refractivity contribution in [3.05, 3.63) is 29.8 Å². The van der Waals surface area contributed by atoms with E-state index in [9.17, 15) is 0 Å². The van der Waals surface area contributed by atoms with Gasteiger partial charge in [0.2, 0.25) is 0 Å². The fourth-order valence-electron chi connectivity index (χ4n) is 0.563. The first-order valence-electron chi connectivity index (χ1n) is 2.55. The number of aryl methyl sites for hydroxylation is 1. The van der Waals surface area contributed by atoms with Crippen LogP contribution in [0.5, 0.6) is 0 Å². The zero-order valence-corrected chi connectivity index (χ0v) is 7.31. The summed E-state index contributed by atoms with van der Waals surface area (Å²) in [7, 11) is 0. The number of hydrogen-bond acceptors (Lipinski definition) is 0. The first kappa shape index (κ1) is 6.16. The molecule has 0 aliphatic rings. The summed E-state index contributed by atoms with van der Waals surface area (Å²) in [6, 6.07) is 8.41. The van der Waals surface area contributed by atoms with Gasteiger partial charge in [0.25, 0.3) is 0 Å². The molecule has 0 spiro atoms. The first-order chi connectivity index (χ1) is 3.80. The van der Waals surface area contributed by atoms with Crippen molar-refractivity contribution in [2.45, 2.75) is 6.92 Å². The van der Waals surface area contributed by atoms with Crippen molar-refractivity contribution in [3.8, 4) is 0 Å². The number of benzene rings is 1. The second kappa shape index (κ2) is 2.55. The van der Waals surface area contributed by atoms with Crippen LogP contribution in [0.2, 0.25) is 0 Å². The maximum absolute atomic E-state index is 2.14. The van der Waals surface area contributed by atoms with Crippen molar-refractivity contribution in [3.63, 3.8) is 0 Å². The van der Waals surface area contributed by atoms with E-state index in [0.29, 0.717) is 0 Å². The summed E-state index contributed by atoms with van der Waals surface area (Å²) in [5.74, 6) is 0. The van der Waals surface area contributed by atoms with Gasteiger partial charge >= 0.3 is 63.3 Å². The molecule has 0 aliphatic carbocycles. The van der Waals surface area contributed by atoms with E-state index < -0.39 is 0 Å². The first-order valence-corrected chi connectivity index (χ1v) is 3.83. The van der Waals surface area contributed by atoms with Crippen LogP contribution in [-0.2, 0) is 0 Å². The van der Waals surface area contributed by atoms with Crippen LogP contribution in [0, 0.1) is 6.92 Å². The molecule has 1 rings (SSSR count). The van der Waals surface area contributed by atoms with E-state index in [-0.39, 0.29) is 0 Å². The molecule has 8 heavy (non-hydrogen) atoms. The average molecular weight is 213 g/mol. The van der Waals surface area contributed by atoms with E-state index in [0.717, 1.165) is 0 Å². The van der Waals surface area contributed by atoms with E-state index in [1.54, 1.807) is 23.0 Å². The van der Waals surface area contributed by atoms with Crippen molar-refractivity contribution < 1.29 is 0 Å². The van der Waals surface area contributed by atoms with E-state index in [2.05, 4.69) is 31.2 Å². The molecule has 0 N–H and O–H groups in total. The second-order valence-electron chi connectivity index (χ2n) is 1.79. The van der Waals surface area contributed by atoms with Crippen molar-refractivity contribution in [1.82, 2.24) is 0 Å². The standard InChI is InChI=1S/C7H7.Sb/c1-7-5-3-2-4-6-7;/h2-5H,1H3;. The third-order valence-electron chi connectivity index (χ3n) is 1.12. The van der Waals surface area contributed by atoms with Crippen LogP contribution in [0.1, 0.15) is 5.56 Å². The molecule has 0 nitrogen and oxygen atoms in total. The quantitative estimate of drug-likeness (QED) is 0.558. The number of hydrogen-bond donors (Lipinski definition) is 0. The van der Waals surface area contributed by atoms with E-state index in [1.807, 2.05) is 0 Å². The van der Waals surface area contributed by atoms with Gasteiger partial charge in [-0.05, 0) is 0 Å². The fourth-order valence-corrected chi connectivity index (χ4v) is 1.02. The molecule has 0 aromatic heterocycles. The summed E-state index contributed by atoms with van der Waals surface area (Å²) >= 11 is 1.78. The van der Waals surface area contributed by atoms with Crippen LogP contribution in [0.4, 0.5) is 0 Å². The third-order valence-corrected chi connectivity index (χ3v) is 2.55. The van der Waals surface area contributed by atoms with Crippen LogP contribution >= 0.6 is 0 Å². The zero-order valence-electron chi connectivity index (χ0n) is 4.76. The Morgan fingerprint density at radius 3 is 2.25 bits per heavy atom. The van der Waals surface area contributed by atoms with Gasteiger partial charge in [0, 0.05) is 0 Å². The molecule has 0 atom stereocenters.